The van der Waals surface area contributed by atoms with Crippen molar-refractivity contribution < 1.29 is 4.74 Å². The zero-order chi connectivity index (χ0) is 11.8. The summed E-state index contributed by atoms with van der Waals surface area (Å²) in [5.41, 5.74) is 0. The molecule has 0 radical (unpaired) electrons. The van der Waals surface area contributed by atoms with Crippen molar-refractivity contribution in [3.63, 3.8) is 0 Å². The van der Waals surface area contributed by atoms with E-state index in [4.69, 9.17) is 4.74 Å². The first-order valence-corrected chi connectivity index (χ1v) is 6.63. The second-order valence-corrected chi connectivity index (χ2v) is 5.18. The molecule has 1 unspecified atom stereocenters. The van der Waals surface area contributed by atoms with Gasteiger partial charge in [-0.2, -0.15) is 0 Å². The molecular weight excluding hydrogens is 200 g/mol. The fourth-order valence-electron chi connectivity index (χ4n) is 2.03. The molecule has 1 fully saturated rings. The highest BCUT2D eigenvalue weighted by molar-refractivity contribution is 4.78. The lowest BCUT2D eigenvalue weighted by Crippen LogP contribution is -2.35. The summed E-state index contributed by atoms with van der Waals surface area (Å²) in [7, 11) is 3.95. The van der Waals surface area contributed by atoms with E-state index in [2.05, 4.69) is 24.2 Å². The SMILES string of the molecule is COCCCN(C)CCNC(C)CC1CC1. The van der Waals surface area contributed by atoms with E-state index in [0.717, 1.165) is 38.6 Å². The van der Waals surface area contributed by atoms with Crippen molar-refractivity contribution in [2.45, 2.75) is 38.6 Å². The van der Waals surface area contributed by atoms with Crippen LogP contribution in [0.4, 0.5) is 0 Å². The van der Waals surface area contributed by atoms with Crippen LogP contribution < -0.4 is 5.32 Å². The van der Waals surface area contributed by atoms with E-state index in [-0.39, 0.29) is 0 Å². The molecule has 1 aliphatic carbocycles. The van der Waals surface area contributed by atoms with Crippen LogP contribution in [-0.4, -0.2) is 51.3 Å². The molecule has 1 atom stereocenters. The number of ether oxygens (including phenoxy) is 1. The Labute approximate surface area is 101 Å². The Hall–Kier alpha value is -0.120. The standard InChI is InChI=1S/C13H28N2O/c1-12(11-13-5-6-13)14-7-9-15(2)8-4-10-16-3/h12-14H,4-11H2,1-3H3. The van der Waals surface area contributed by atoms with E-state index in [1.54, 1.807) is 7.11 Å². The van der Waals surface area contributed by atoms with Crippen molar-refractivity contribution in [2.24, 2.45) is 5.92 Å². The molecule has 96 valence electrons. The molecule has 0 aromatic heterocycles. The first kappa shape index (κ1) is 13.9. The molecular formula is C13H28N2O. The Morgan fingerprint density at radius 2 is 2.12 bits per heavy atom. The minimum atomic E-state index is 0.694. The lowest BCUT2D eigenvalue weighted by Gasteiger charge is -2.19. The average Bonchev–Trinajstić information content (AvgIpc) is 3.02. The lowest BCUT2D eigenvalue weighted by atomic mass is 10.1. The third-order valence-electron chi connectivity index (χ3n) is 3.26. The summed E-state index contributed by atoms with van der Waals surface area (Å²) in [4.78, 5) is 2.37. The minimum Gasteiger partial charge on any atom is -0.385 e. The highest BCUT2D eigenvalue weighted by Gasteiger charge is 2.23. The molecule has 1 rings (SSSR count). The van der Waals surface area contributed by atoms with E-state index in [1.807, 2.05) is 0 Å². The summed E-state index contributed by atoms with van der Waals surface area (Å²) in [6.45, 7) is 6.56. The second kappa shape index (κ2) is 8.04. The molecule has 0 saturated heterocycles. The van der Waals surface area contributed by atoms with Crippen molar-refractivity contribution in [2.75, 3.05) is 40.4 Å². The lowest BCUT2D eigenvalue weighted by molar-refractivity contribution is 0.179. The second-order valence-electron chi connectivity index (χ2n) is 5.18. The molecule has 1 aliphatic rings. The average molecular weight is 228 g/mol. The topological polar surface area (TPSA) is 24.5 Å². The molecule has 3 nitrogen and oxygen atoms in total. The molecule has 1 saturated carbocycles. The van der Waals surface area contributed by atoms with Gasteiger partial charge in [-0.1, -0.05) is 12.8 Å². The molecule has 0 bridgehead atoms. The van der Waals surface area contributed by atoms with Gasteiger partial charge in [-0.25, -0.2) is 0 Å². The smallest absolute Gasteiger partial charge is 0.0474 e. The third-order valence-corrected chi connectivity index (χ3v) is 3.26. The number of nitrogens with zero attached hydrogens (tertiary/aromatic N) is 1. The van der Waals surface area contributed by atoms with Crippen molar-refractivity contribution >= 4 is 0 Å². The van der Waals surface area contributed by atoms with Gasteiger partial charge in [0.2, 0.25) is 0 Å². The Bertz CT molecular complexity index is 171. The Balaban J connectivity index is 1.88. The maximum Gasteiger partial charge on any atom is 0.0474 e. The first-order valence-electron chi connectivity index (χ1n) is 6.63. The van der Waals surface area contributed by atoms with E-state index < -0.39 is 0 Å². The Morgan fingerprint density at radius 3 is 2.75 bits per heavy atom. The molecule has 0 aliphatic heterocycles. The molecule has 3 heteroatoms. The van der Waals surface area contributed by atoms with Crippen LogP contribution >= 0.6 is 0 Å². The van der Waals surface area contributed by atoms with Gasteiger partial charge in [-0.3, -0.25) is 0 Å². The zero-order valence-corrected chi connectivity index (χ0v) is 11.2. The highest BCUT2D eigenvalue weighted by atomic mass is 16.5. The van der Waals surface area contributed by atoms with E-state index in [1.165, 1.54) is 19.3 Å². The molecule has 1 N–H and O–H groups in total. The summed E-state index contributed by atoms with van der Waals surface area (Å²) >= 11 is 0. The first-order chi connectivity index (χ1) is 7.72. The van der Waals surface area contributed by atoms with Gasteiger partial charge in [-0.05, 0) is 32.7 Å². The fourth-order valence-corrected chi connectivity index (χ4v) is 2.03. The van der Waals surface area contributed by atoms with Crippen molar-refractivity contribution in [1.82, 2.24) is 10.2 Å². The number of hydrogen-bond donors (Lipinski definition) is 1. The number of nitrogens with one attached hydrogen (secondary N) is 1. The summed E-state index contributed by atoms with van der Waals surface area (Å²) in [6.07, 6.45) is 5.42. The number of methoxy groups -OCH3 is 1. The van der Waals surface area contributed by atoms with Crippen LogP contribution in [0.25, 0.3) is 0 Å². The predicted octanol–water partition coefficient (Wildman–Crippen LogP) is 1.73. The Morgan fingerprint density at radius 1 is 1.38 bits per heavy atom. The summed E-state index contributed by atoms with van der Waals surface area (Å²) in [5.74, 6) is 1.03. The van der Waals surface area contributed by atoms with Crippen LogP contribution in [0.1, 0.15) is 32.6 Å². The normalized spacial score (nSPS) is 18.0. The van der Waals surface area contributed by atoms with Gasteiger partial charge in [-0.15, -0.1) is 0 Å². The highest BCUT2D eigenvalue weighted by Crippen LogP contribution is 2.33. The number of likely N-dealkylation sites (N-methyl/N-ethyl adjacent to an activating group) is 1. The van der Waals surface area contributed by atoms with Gasteiger partial charge in [0.1, 0.15) is 0 Å². The Kier molecular flexibility index (Phi) is 7.01. The van der Waals surface area contributed by atoms with Crippen LogP contribution in [0.2, 0.25) is 0 Å². The van der Waals surface area contributed by atoms with Crippen LogP contribution in [-0.2, 0) is 4.74 Å². The minimum absolute atomic E-state index is 0.694. The number of hydrogen-bond acceptors (Lipinski definition) is 3. The van der Waals surface area contributed by atoms with Crippen LogP contribution in [0.3, 0.4) is 0 Å². The van der Waals surface area contributed by atoms with Crippen LogP contribution in [0.15, 0.2) is 0 Å². The third kappa shape index (κ3) is 7.20. The van der Waals surface area contributed by atoms with Crippen molar-refractivity contribution in [1.29, 1.82) is 0 Å². The maximum atomic E-state index is 5.04. The largest absolute Gasteiger partial charge is 0.385 e. The van der Waals surface area contributed by atoms with Crippen LogP contribution in [0, 0.1) is 5.92 Å². The monoisotopic (exact) mass is 228 g/mol. The summed E-state index contributed by atoms with van der Waals surface area (Å²) < 4.78 is 5.04. The van der Waals surface area contributed by atoms with Crippen LogP contribution in [0.5, 0.6) is 0 Å². The molecule has 0 spiro atoms. The van der Waals surface area contributed by atoms with Gasteiger partial charge in [0.05, 0.1) is 0 Å². The summed E-state index contributed by atoms with van der Waals surface area (Å²) in [5, 5.41) is 3.60. The van der Waals surface area contributed by atoms with Gasteiger partial charge in [0, 0.05) is 39.4 Å². The molecule has 16 heavy (non-hydrogen) atoms. The van der Waals surface area contributed by atoms with Gasteiger partial charge >= 0.3 is 0 Å². The van der Waals surface area contributed by atoms with E-state index >= 15 is 0 Å². The van der Waals surface area contributed by atoms with E-state index in [0.29, 0.717) is 6.04 Å². The molecule has 0 amide bonds. The van der Waals surface area contributed by atoms with E-state index in [9.17, 15) is 0 Å². The molecule has 0 aromatic rings. The summed E-state index contributed by atoms with van der Waals surface area (Å²) in [6, 6.07) is 0.694. The number of rotatable bonds is 10. The van der Waals surface area contributed by atoms with Crippen molar-refractivity contribution in [3.8, 4) is 0 Å². The fraction of sp³-hybridized carbons (Fsp3) is 1.00. The quantitative estimate of drug-likeness (QED) is 0.576. The zero-order valence-electron chi connectivity index (χ0n) is 11.2. The van der Waals surface area contributed by atoms with Gasteiger partial charge in [0.15, 0.2) is 0 Å². The maximum absolute atomic E-state index is 5.04. The predicted molar refractivity (Wildman–Crippen MR) is 68.8 cm³/mol. The molecule has 0 heterocycles. The van der Waals surface area contributed by atoms with Gasteiger partial charge in [0.25, 0.3) is 0 Å². The van der Waals surface area contributed by atoms with Gasteiger partial charge < -0.3 is 15.0 Å². The molecule has 0 aromatic carbocycles. The van der Waals surface area contributed by atoms with Crippen molar-refractivity contribution in [3.05, 3.63) is 0 Å².